The number of sulfonamides is 1. The van der Waals surface area contributed by atoms with E-state index in [0.29, 0.717) is 35.0 Å². The van der Waals surface area contributed by atoms with E-state index >= 15 is 0 Å². The molecule has 7 heteroatoms. The van der Waals surface area contributed by atoms with Crippen molar-refractivity contribution >= 4 is 27.3 Å². The number of methoxy groups -OCH3 is 1. The number of benzene rings is 2. The van der Waals surface area contributed by atoms with E-state index in [-0.39, 0.29) is 10.8 Å². The minimum Gasteiger partial charge on any atom is -0.495 e. The number of hydrogen-bond acceptors (Lipinski definition) is 4. The second-order valence-corrected chi connectivity index (χ2v) is 8.84. The van der Waals surface area contributed by atoms with Crippen LogP contribution in [0, 0.1) is 12.8 Å². The van der Waals surface area contributed by atoms with Crippen molar-refractivity contribution in [1.29, 1.82) is 0 Å². The summed E-state index contributed by atoms with van der Waals surface area (Å²) >= 11 is 0. The highest BCUT2D eigenvalue weighted by molar-refractivity contribution is 7.92. The van der Waals surface area contributed by atoms with E-state index in [9.17, 15) is 13.2 Å². The second-order valence-electron chi connectivity index (χ2n) is 7.19. The van der Waals surface area contributed by atoms with Gasteiger partial charge in [-0.25, -0.2) is 8.42 Å². The number of rotatable bonds is 7. The standard InChI is InChI=1S/C21H26N2O4S/c1-15-11-12-17(22-21(24)13-16-7-3-4-8-16)14-20(15)28(25,26)23-18-9-5-6-10-19(18)27-2/h5-6,9-12,14,16,23H,3-4,7-8,13H2,1-2H3,(H,22,24). The van der Waals surface area contributed by atoms with Gasteiger partial charge in [-0.3, -0.25) is 9.52 Å². The number of aryl methyl sites for hydroxylation is 1. The van der Waals surface area contributed by atoms with Gasteiger partial charge in [0.05, 0.1) is 17.7 Å². The summed E-state index contributed by atoms with van der Waals surface area (Å²) in [5.41, 5.74) is 1.44. The minimum absolute atomic E-state index is 0.0724. The van der Waals surface area contributed by atoms with E-state index in [1.807, 2.05) is 0 Å². The van der Waals surface area contributed by atoms with Crippen LogP contribution >= 0.6 is 0 Å². The van der Waals surface area contributed by atoms with Crippen molar-refractivity contribution in [2.75, 3.05) is 17.1 Å². The highest BCUT2D eigenvalue weighted by Gasteiger charge is 2.21. The van der Waals surface area contributed by atoms with E-state index in [1.54, 1.807) is 43.3 Å². The van der Waals surface area contributed by atoms with Crippen LogP contribution in [-0.2, 0) is 14.8 Å². The maximum atomic E-state index is 12.9. The molecule has 1 fully saturated rings. The summed E-state index contributed by atoms with van der Waals surface area (Å²) in [5, 5.41) is 2.84. The molecule has 0 atom stereocenters. The Morgan fingerprint density at radius 3 is 2.57 bits per heavy atom. The molecule has 28 heavy (non-hydrogen) atoms. The van der Waals surface area contributed by atoms with Crippen LogP contribution < -0.4 is 14.8 Å². The third-order valence-electron chi connectivity index (χ3n) is 5.06. The predicted molar refractivity (Wildman–Crippen MR) is 110 cm³/mol. The maximum absolute atomic E-state index is 12.9. The Balaban J connectivity index is 1.78. The summed E-state index contributed by atoms with van der Waals surface area (Å²) in [4.78, 5) is 12.4. The minimum atomic E-state index is -3.84. The van der Waals surface area contributed by atoms with Gasteiger partial charge in [0, 0.05) is 12.1 Å². The lowest BCUT2D eigenvalue weighted by atomic mass is 10.0. The lowest BCUT2D eigenvalue weighted by Gasteiger charge is -2.15. The molecule has 2 aromatic rings. The molecule has 1 aliphatic carbocycles. The molecule has 0 spiro atoms. The van der Waals surface area contributed by atoms with Gasteiger partial charge in [0.15, 0.2) is 0 Å². The summed E-state index contributed by atoms with van der Waals surface area (Å²) in [5.74, 6) is 0.794. The first-order valence-corrected chi connectivity index (χ1v) is 10.9. The van der Waals surface area contributed by atoms with E-state index in [4.69, 9.17) is 4.74 Å². The Morgan fingerprint density at radius 1 is 1.14 bits per heavy atom. The van der Waals surface area contributed by atoms with Crippen LogP contribution in [-0.4, -0.2) is 21.4 Å². The van der Waals surface area contributed by atoms with Crippen molar-refractivity contribution < 1.29 is 17.9 Å². The zero-order valence-electron chi connectivity index (χ0n) is 16.2. The zero-order chi connectivity index (χ0) is 20.1. The molecule has 6 nitrogen and oxygen atoms in total. The lowest BCUT2D eigenvalue weighted by Crippen LogP contribution is -2.17. The molecule has 2 aromatic carbocycles. The number of hydrogen-bond donors (Lipinski definition) is 2. The molecule has 0 heterocycles. The van der Waals surface area contributed by atoms with Crippen LogP contribution in [0.3, 0.4) is 0 Å². The van der Waals surface area contributed by atoms with Gasteiger partial charge in [-0.05, 0) is 55.5 Å². The van der Waals surface area contributed by atoms with Gasteiger partial charge in [0.1, 0.15) is 5.75 Å². The average molecular weight is 403 g/mol. The molecular weight excluding hydrogens is 376 g/mol. The van der Waals surface area contributed by atoms with Crippen LogP contribution in [0.5, 0.6) is 5.75 Å². The van der Waals surface area contributed by atoms with E-state index in [1.165, 1.54) is 26.0 Å². The molecule has 1 aliphatic rings. The summed E-state index contributed by atoms with van der Waals surface area (Å²) in [7, 11) is -2.35. The van der Waals surface area contributed by atoms with E-state index < -0.39 is 10.0 Å². The van der Waals surface area contributed by atoms with Gasteiger partial charge in [-0.1, -0.05) is 31.0 Å². The maximum Gasteiger partial charge on any atom is 0.262 e. The SMILES string of the molecule is COc1ccccc1NS(=O)(=O)c1cc(NC(=O)CC2CCCC2)ccc1C. The third kappa shape index (κ3) is 4.84. The van der Waals surface area contributed by atoms with Crippen molar-refractivity contribution in [1.82, 2.24) is 0 Å². The molecular formula is C21H26N2O4S. The zero-order valence-corrected chi connectivity index (χ0v) is 17.0. The Labute approximate surface area is 166 Å². The highest BCUT2D eigenvalue weighted by Crippen LogP contribution is 2.30. The number of anilines is 2. The monoisotopic (exact) mass is 402 g/mol. The van der Waals surface area contributed by atoms with Crippen LogP contribution in [0.2, 0.25) is 0 Å². The van der Waals surface area contributed by atoms with Crippen molar-refractivity contribution in [3.8, 4) is 5.75 Å². The topological polar surface area (TPSA) is 84.5 Å². The number of amides is 1. The summed E-state index contributed by atoms with van der Waals surface area (Å²) in [6.45, 7) is 1.72. The molecule has 150 valence electrons. The quantitative estimate of drug-likeness (QED) is 0.722. The first kappa shape index (κ1) is 20.2. The van der Waals surface area contributed by atoms with Crippen LogP contribution in [0.4, 0.5) is 11.4 Å². The number of carbonyl (C=O) groups excluding carboxylic acids is 1. The smallest absolute Gasteiger partial charge is 0.262 e. The second kappa shape index (κ2) is 8.65. The molecule has 0 aliphatic heterocycles. The van der Waals surface area contributed by atoms with Crippen LogP contribution in [0.15, 0.2) is 47.4 Å². The average Bonchev–Trinajstić information content (AvgIpc) is 3.16. The fourth-order valence-corrected chi connectivity index (χ4v) is 4.93. The van der Waals surface area contributed by atoms with Gasteiger partial charge in [-0.2, -0.15) is 0 Å². The van der Waals surface area contributed by atoms with Crippen LogP contribution in [0.1, 0.15) is 37.7 Å². The van der Waals surface area contributed by atoms with E-state index in [2.05, 4.69) is 10.0 Å². The Hall–Kier alpha value is -2.54. The highest BCUT2D eigenvalue weighted by atomic mass is 32.2. The summed E-state index contributed by atoms with van der Waals surface area (Å²) in [6, 6.07) is 11.7. The Bertz CT molecular complexity index is 951. The van der Waals surface area contributed by atoms with Crippen molar-refractivity contribution in [2.24, 2.45) is 5.92 Å². The van der Waals surface area contributed by atoms with E-state index in [0.717, 1.165) is 12.8 Å². The lowest BCUT2D eigenvalue weighted by molar-refractivity contribution is -0.117. The summed E-state index contributed by atoms with van der Waals surface area (Å²) in [6.07, 6.45) is 5.02. The number of carbonyl (C=O) groups is 1. The Morgan fingerprint density at radius 2 is 1.86 bits per heavy atom. The van der Waals surface area contributed by atoms with Gasteiger partial charge in [0.25, 0.3) is 10.0 Å². The van der Waals surface area contributed by atoms with Gasteiger partial charge >= 0.3 is 0 Å². The molecule has 0 aromatic heterocycles. The van der Waals surface area contributed by atoms with Gasteiger partial charge < -0.3 is 10.1 Å². The van der Waals surface area contributed by atoms with Crippen molar-refractivity contribution in [2.45, 2.75) is 43.9 Å². The van der Waals surface area contributed by atoms with Crippen LogP contribution in [0.25, 0.3) is 0 Å². The number of ether oxygens (including phenoxy) is 1. The molecule has 1 saturated carbocycles. The van der Waals surface area contributed by atoms with Gasteiger partial charge in [0.2, 0.25) is 5.91 Å². The Kier molecular flexibility index (Phi) is 6.24. The molecule has 0 saturated heterocycles. The number of nitrogens with one attached hydrogen (secondary N) is 2. The first-order chi connectivity index (χ1) is 13.4. The van der Waals surface area contributed by atoms with Crippen molar-refractivity contribution in [3.63, 3.8) is 0 Å². The molecule has 0 unspecified atom stereocenters. The molecule has 3 rings (SSSR count). The third-order valence-corrected chi connectivity index (χ3v) is 6.57. The molecule has 2 N–H and O–H groups in total. The first-order valence-electron chi connectivity index (χ1n) is 9.45. The molecule has 0 bridgehead atoms. The largest absolute Gasteiger partial charge is 0.495 e. The van der Waals surface area contributed by atoms with Crippen molar-refractivity contribution in [3.05, 3.63) is 48.0 Å². The van der Waals surface area contributed by atoms with Gasteiger partial charge in [-0.15, -0.1) is 0 Å². The number of para-hydroxylation sites is 2. The molecule has 1 amide bonds. The normalized spacial score (nSPS) is 14.6. The predicted octanol–water partition coefficient (Wildman–Crippen LogP) is 4.32. The fraction of sp³-hybridized carbons (Fsp3) is 0.381. The fourth-order valence-electron chi connectivity index (χ4n) is 3.58. The molecule has 0 radical (unpaired) electrons. The summed E-state index contributed by atoms with van der Waals surface area (Å²) < 4.78 is 33.6.